The monoisotopic (exact) mass is 428 g/mol. The average Bonchev–Trinajstić information content (AvgIpc) is 3.38. The van der Waals surface area contributed by atoms with Crippen LogP contribution in [0.25, 0.3) is 0 Å². The number of carbonyl (C=O) groups is 1. The molecule has 1 unspecified atom stereocenters. The van der Waals surface area contributed by atoms with Crippen molar-refractivity contribution in [1.82, 2.24) is 4.98 Å². The number of amidine groups is 1. The van der Waals surface area contributed by atoms with Crippen LogP contribution < -0.4 is 24.8 Å². The van der Waals surface area contributed by atoms with E-state index in [4.69, 9.17) is 19.9 Å². The van der Waals surface area contributed by atoms with Gasteiger partial charge in [-0.05, 0) is 34.9 Å². The number of amides is 1. The minimum absolute atomic E-state index is 0.0501. The second kappa shape index (κ2) is 6.71. The minimum Gasteiger partial charge on any atom is -0.481 e. The van der Waals surface area contributed by atoms with Gasteiger partial charge in [-0.2, -0.15) is 0 Å². The van der Waals surface area contributed by atoms with Crippen LogP contribution in [0.5, 0.6) is 17.4 Å². The van der Waals surface area contributed by atoms with E-state index in [0.717, 1.165) is 22.4 Å². The van der Waals surface area contributed by atoms with Crippen molar-refractivity contribution in [1.29, 1.82) is 0 Å². The Bertz CT molecular complexity index is 1290. The van der Waals surface area contributed by atoms with Crippen LogP contribution in [-0.2, 0) is 16.8 Å². The highest BCUT2D eigenvalue weighted by molar-refractivity contribution is 6.14. The van der Waals surface area contributed by atoms with E-state index >= 15 is 0 Å². The molecule has 8 heteroatoms. The van der Waals surface area contributed by atoms with Crippen molar-refractivity contribution in [2.75, 3.05) is 25.3 Å². The number of anilines is 1. The second-order valence-corrected chi connectivity index (χ2v) is 7.98. The van der Waals surface area contributed by atoms with Crippen molar-refractivity contribution < 1.29 is 19.0 Å². The molecule has 1 amide bonds. The highest BCUT2D eigenvalue weighted by Gasteiger charge is 2.54. The second-order valence-electron chi connectivity index (χ2n) is 7.98. The van der Waals surface area contributed by atoms with E-state index in [1.807, 2.05) is 42.5 Å². The number of ether oxygens (including phenoxy) is 3. The Morgan fingerprint density at radius 2 is 1.94 bits per heavy atom. The van der Waals surface area contributed by atoms with E-state index in [9.17, 15) is 4.79 Å². The zero-order chi connectivity index (χ0) is 21.9. The van der Waals surface area contributed by atoms with Crippen molar-refractivity contribution in [3.8, 4) is 17.4 Å². The molecule has 0 fully saturated rings. The lowest BCUT2D eigenvalue weighted by Gasteiger charge is -2.33. The van der Waals surface area contributed by atoms with Crippen LogP contribution in [-0.4, -0.2) is 37.2 Å². The molecule has 1 spiro atoms. The summed E-state index contributed by atoms with van der Waals surface area (Å²) in [5.74, 6) is 2.10. The summed E-state index contributed by atoms with van der Waals surface area (Å²) < 4.78 is 16.3. The summed E-state index contributed by atoms with van der Waals surface area (Å²) in [6.07, 6.45) is 1.72. The lowest BCUT2D eigenvalue weighted by Crippen LogP contribution is -2.47. The van der Waals surface area contributed by atoms with Gasteiger partial charge in [0, 0.05) is 23.5 Å². The maximum atomic E-state index is 14.1. The molecule has 3 aromatic rings. The van der Waals surface area contributed by atoms with Crippen molar-refractivity contribution in [2.45, 2.75) is 12.0 Å². The molecule has 0 saturated heterocycles. The van der Waals surface area contributed by atoms with Gasteiger partial charge >= 0.3 is 0 Å². The maximum Gasteiger partial charge on any atom is 0.244 e. The number of hydrogen-bond donors (Lipinski definition) is 1. The van der Waals surface area contributed by atoms with Crippen LogP contribution in [0, 0.1) is 0 Å². The summed E-state index contributed by atoms with van der Waals surface area (Å²) in [5.41, 5.74) is 9.43. The first-order valence-electron chi connectivity index (χ1n) is 10.3. The predicted molar refractivity (Wildman–Crippen MR) is 117 cm³/mol. The van der Waals surface area contributed by atoms with Gasteiger partial charge in [-0.3, -0.25) is 9.79 Å². The van der Waals surface area contributed by atoms with Crippen LogP contribution in [0.1, 0.15) is 22.3 Å². The summed E-state index contributed by atoms with van der Waals surface area (Å²) in [6.45, 7) is 0.760. The number of fused-ring (bicyclic) bond motifs is 5. The predicted octanol–water partition coefficient (Wildman–Crippen LogP) is 2.37. The molecule has 1 atom stereocenters. The number of methoxy groups -OCH3 is 1. The molecule has 0 bridgehead atoms. The SMILES string of the molecule is COc1ccc(CN2C(=O)C3(CN=C(N)c4cc5c(cc43)OCO5)c3ccccc32)cn1. The first-order valence-corrected chi connectivity index (χ1v) is 10.3. The quantitative estimate of drug-likeness (QED) is 0.688. The first-order chi connectivity index (χ1) is 15.6. The van der Waals surface area contributed by atoms with Crippen LogP contribution in [0.2, 0.25) is 0 Å². The van der Waals surface area contributed by atoms with Gasteiger partial charge in [0.05, 0.1) is 20.2 Å². The Balaban J connectivity index is 1.50. The lowest BCUT2D eigenvalue weighted by atomic mass is 9.71. The Morgan fingerprint density at radius 1 is 1.12 bits per heavy atom. The molecule has 3 aliphatic rings. The van der Waals surface area contributed by atoms with Gasteiger partial charge in [-0.25, -0.2) is 4.98 Å². The Morgan fingerprint density at radius 3 is 2.72 bits per heavy atom. The molecular weight excluding hydrogens is 408 g/mol. The molecule has 0 aliphatic carbocycles. The van der Waals surface area contributed by atoms with E-state index in [1.165, 1.54) is 0 Å². The number of nitrogens with zero attached hydrogens (tertiary/aromatic N) is 3. The number of carbonyl (C=O) groups excluding carboxylic acids is 1. The number of rotatable bonds is 3. The van der Waals surface area contributed by atoms with Gasteiger partial charge in [0.25, 0.3) is 0 Å². The summed E-state index contributed by atoms with van der Waals surface area (Å²) >= 11 is 0. The van der Waals surface area contributed by atoms with E-state index in [0.29, 0.717) is 35.3 Å². The fraction of sp³-hybridized carbons (Fsp3) is 0.208. The number of benzene rings is 2. The topological polar surface area (TPSA) is 99.3 Å². The van der Waals surface area contributed by atoms with Crippen LogP contribution in [0.3, 0.4) is 0 Å². The van der Waals surface area contributed by atoms with Gasteiger partial charge in [-0.1, -0.05) is 24.3 Å². The Hall–Kier alpha value is -4.07. The van der Waals surface area contributed by atoms with Crippen molar-refractivity contribution in [2.24, 2.45) is 10.7 Å². The molecule has 1 aromatic heterocycles. The molecular formula is C24H20N4O4. The summed E-state index contributed by atoms with van der Waals surface area (Å²) in [7, 11) is 1.57. The molecule has 0 radical (unpaired) electrons. The standard InChI is InChI=1S/C24H20N4O4/c1-30-21-7-6-14(10-26-21)11-28-18-5-3-2-4-16(18)24(23(28)29)12-27-22(25)15-8-19-20(9-17(15)24)32-13-31-19/h2-10H,11-13H2,1H3,(H2,25,27). The fourth-order valence-corrected chi connectivity index (χ4v) is 4.78. The number of hydrogen-bond acceptors (Lipinski definition) is 7. The van der Waals surface area contributed by atoms with E-state index in [2.05, 4.69) is 9.98 Å². The van der Waals surface area contributed by atoms with Crippen LogP contribution in [0.15, 0.2) is 59.7 Å². The van der Waals surface area contributed by atoms with E-state index < -0.39 is 5.41 Å². The normalized spacial score (nSPS) is 20.2. The largest absolute Gasteiger partial charge is 0.481 e. The van der Waals surface area contributed by atoms with Crippen molar-refractivity contribution in [3.05, 3.63) is 77.0 Å². The fourth-order valence-electron chi connectivity index (χ4n) is 4.78. The molecule has 8 nitrogen and oxygen atoms in total. The third-order valence-electron chi connectivity index (χ3n) is 6.35. The van der Waals surface area contributed by atoms with Crippen molar-refractivity contribution in [3.63, 3.8) is 0 Å². The molecule has 3 aliphatic heterocycles. The summed E-state index contributed by atoms with van der Waals surface area (Å²) in [6, 6.07) is 15.2. The number of aromatic nitrogens is 1. The summed E-state index contributed by atoms with van der Waals surface area (Å²) in [4.78, 5) is 24.8. The number of para-hydroxylation sites is 1. The van der Waals surface area contributed by atoms with E-state index in [1.54, 1.807) is 24.3 Å². The first kappa shape index (κ1) is 18.7. The third-order valence-corrected chi connectivity index (χ3v) is 6.35. The van der Waals surface area contributed by atoms with Gasteiger partial charge in [0.15, 0.2) is 11.5 Å². The lowest BCUT2D eigenvalue weighted by molar-refractivity contribution is -0.121. The number of aliphatic imine (C=N–C) groups is 1. The Labute approximate surface area is 184 Å². The third kappa shape index (κ3) is 2.46. The minimum atomic E-state index is -0.977. The molecule has 32 heavy (non-hydrogen) atoms. The van der Waals surface area contributed by atoms with Gasteiger partial charge < -0.3 is 24.8 Å². The van der Waals surface area contributed by atoms with E-state index in [-0.39, 0.29) is 19.2 Å². The highest BCUT2D eigenvalue weighted by atomic mass is 16.7. The van der Waals surface area contributed by atoms with Gasteiger partial charge in [0.2, 0.25) is 18.6 Å². The molecule has 160 valence electrons. The molecule has 4 heterocycles. The molecule has 2 N–H and O–H groups in total. The molecule has 6 rings (SSSR count). The van der Waals surface area contributed by atoms with Crippen molar-refractivity contribution >= 4 is 17.4 Å². The zero-order valence-corrected chi connectivity index (χ0v) is 17.4. The van der Waals surface area contributed by atoms with Gasteiger partial charge in [0.1, 0.15) is 11.3 Å². The van der Waals surface area contributed by atoms with Crippen LogP contribution in [0.4, 0.5) is 5.69 Å². The van der Waals surface area contributed by atoms with Crippen LogP contribution >= 0.6 is 0 Å². The zero-order valence-electron chi connectivity index (χ0n) is 17.4. The number of pyridine rings is 1. The number of nitrogens with two attached hydrogens (primary N) is 1. The smallest absolute Gasteiger partial charge is 0.244 e. The van der Waals surface area contributed by atoms with Gasteiger partial charge in [-0.15, -0.1) is 0 Å². The summed E-state index contributed by atoms with van der Waals surface area (Å²) in [5, 5.41) is 0. The molecule has 0 saturated carbocycles. The maximum absolute atomic E-state index is 14.1. The Kier molecular flexibility index (Phi) is 3.92. The molecule has 2 aromatic carbocycles. The average molecular weight is 428 g/mol. The highest BCUT2D eigenvalue weighted by Crippen LogP contribution is 2.51.